The molecule has 4 aliphatic rings. The smallest absolute Gasteiger partial charge is 0.310 e. The van der Waals surface area contributed by atoms with Crippen molar-refractivity contribution in [2.75, 3.05) is 6.54 Å². The lowest BCUT2D eigenvalue weighted by molar-refractivity contribution is 0.0539. The third-order valence-electron chi connectivity index (χ3n) is 9.34. The number of primary amides is 1. The van der Waals surface area contributed by atoms with Crippen LogP contribution in [-0.2, 0) is 12.0 Å². The fraction of sp³-hybridized carbons (Fsp3) is 0.303. The number of rotatable bonds is 5. The van der Waals surface area contributed by atoms with Crippen LogP contribution in [0.25, 0.3) is 11.1 Å². The van der Waals surface area contributed by atoms with Crippen LogP contribution in [0, 0.1) is 11.6 Å². The van der Waals surface area contributed by atoms with E-state index in [1.807, 2.05) is 30.3 Å². The van der Waals surface area contributed by atoms with Gasteiger partial charge in [0.05, 0.1) is 34.4 Å². The number of amides is 1. The Morgan fingerprint density at radius 3 is 2.58 bits per heavy atom. The molecule has 9 nitrogen and oxygen atoms in total. The molecule has 4 heterocycles. The van der Waals surface area contributed by atoms with Crippen molar-refractivity contribution in [3.8, 4) is 28.4 Å². The van der Waals surface area contributed by atoms with Crippen molar-refractivity contribution in [2.24, 2.45) is 5.73 Å². The molecule has 0 bridgehead atoms. The normalized spacial score (nSPS) is 23.1. The molecule has 3 aromatic carbocycles. The van der Waals surface area contributed by atoms with Crippen LogP contribution >= 0.6 is 11.6 Å². The number of hydrogen-bond acceptors (Lipinski definition) is 7. The summed E-state index contributed by atoms with van der Waals surface area (Å²) in [5.74, 6) is -3.64. The summed E-state index contributed by atoms with van der Waals surface area (Å²) >= 11 is 6.62. The highest BCUT2D eigenvalue weighted by Crippen LogP contribution is 2.54. The molecule has 1 aromatic heterocycles. The number of carbonyl (C=O) groups excluding carboxylic acids is 1. The second-order valence-corrected chi connectivity index (χ2v) is 12.4. The van der Waals surface area contributed by atoms with Crippen LogP contribution < -0.4 is 26.1 Å². The number of halogens is 3. The van der Waals surface area contributed by atoms with E-state index in [0.29, 0.717) is 5.56 Å². The summed E-state index contributed by atoms with van der Waals surface area (Å²) < 4.78 is 46.3. The molecule has 230 valence electrons. The van der Waals surface area contributed by atoms with Gasteiger partial charge in [-0.2, -0.15) is 5.10 Å². The number of aromatic nitrogens is 2. The molecule has 0 spiro atoms. The van der Waals surface area contributed by atoms with Gasteiger partial charge in [0.15, 0.2) is 17.2 Å². The Hall–Kier alpha value is -4.32. The minimum absolute atomic E-state index is 0.0294. The number of carbonyl (C=O) groups is 1. The summed E-state index contributed by atoms with van der Waals surface area (Å²) in [6, 6.07) is 11.6. The van der Waals surface area contributed by atoms with E-state index in [9.17, 15) is 14.7 Å². The number of nitrogens with one attached hydrogen (secondary N) is 1. The average Bonchev–Trinajstić information content (AvgIpc) is 3.56. The molecule has 12 heteroatoms. The van der Waals surface area contributed by atoms with E-state index < -0.39 is 51.1 Å². The number of hydrogen-bond donors (Lipinski definition) is 3. The Kier molecular flexibility index (Phi) is 6.32. The van der Waals surface area contributed by atoms with Crippen molar-refractivity contribution in [3.63, 3.8) is 0 Å². The molecule has 1 unspecified atom stereocenters. The molecule has 3 aliphatic heterocycles. The van der Waals surface area contributed by atoms with Crippen LogP contribution in [0.4, 0.5) is 8.78 Å². The maximum Gasteiger partial charge on any atom is 0.310 e. The number of fused-ring (bicyclic) bond motifs is 3. The Morgan fingerprint density at radius 2 is 1.89 bits per heavy atom. The topological polar surface area (TPSA) is 129 Å². The van der Waals surface area contributed by atoms with E-state index in [-0.39, 0.29) is 52.3 Å². The molecule has 4 aromatic rings. The third kappa shape index (κ3) is 4.14. The summed E-state index contributed by atoms with van der Waals surface area (Å²) in [6.07, 6.45) is 3.15. The summed E-state index contributed by atoms with van der Waals surface area (Å²) in [4.78, 5) is 26.2. The van der Waals surface area contributed by atoms with Crippen LogP contribution in [0.5, 0.6) is 17.2 Å². The van der Waals surface area contributed by atoms with Gasteiger partial charge < -0.3 is 25.6 Å². The number of aliphatic hydroxyl groups is 1. The van der Waals surface area contributed by atoms with Gasteiger partial charge in [0.1, 0.15) is 17.7 Å². The zero-order valence-electron chi connectivity index (χ0n) is 23.8. The molecule has 8 rings (SSSR count). The third-order valence-corrected chi connectivity index (χ3v) is 9.71. The van der Waals surface area contributed by atoms with Crippen molar-refractivity contribution in [1.29, 1.82) is 0 Å². The van der Waals surface area contributed by atoms with Gasteiger partial charge in [0, 0.05) is 34.7 Å². The van der Waals surface area contributed by atoms with Crippen LogP contribution in [0.3, 0.4) is 0 Å². The Labute approximate surface area is 260 Å². The highest BCUT2D eigenvalue weighted by atomic mass is 35.5. The first-order chi connectivity index (χ1) is 21.7. The molecule has 3 atom stereocenters. The molecule has 1 saturated carbocycles. The molecule has 0 radical (unpaired) electrons. The number of ether oxygens (including phenoxy) is 2. The highest BCUT2D eigenvalue weighted by Gasteiger charge is 2.50. The van der Waals surface area contributed by atoms with Crippen LogP contribution in [-0.4, -0.2) is 33.4 Å². The van der Waals surface area contributed by atoms with Crippen LogP contribution in [0.15, 0.2) is 53.5 Å². The van der Waals surface area contributed by atoms with Gasteiger partial charge in [-0.25, -0.2) is 13.5 Å². The van der Waals surface area contributed by atoms with E-state index in [4.69, 9.17) is 26.8 Å². The first-order valence-electron chi connectivity index (χ1n) is 14.8. The van der Waals surface area contributed by atoms with Gasteiger partial charge in [-0.3, -0.25) is 9.59 Å². The standard InChI is InChI=1S/C33H27ClF2N4O5/c34-26-21(35)12-22-19(13-33(45-22,23-7-4-10-38-23)15-5-2-1-3-6-15)24(26)25-17(31(37)42)11-18-28(41)20-14-39-40(16-8-9-16)32(43)30(20)44-29(18)27(25)36/h1-3,5-6,11-12,14,16,23,28,38,41H,4,7-10,13H2,(H2,37,42)/t23-,28?,33-/m0/s1. The largest absolute Gasteiger partial charge is 0.480 e. The highest BCUT2D eigenvalue weighted by molar-refractivity contribution is 6.34. The maximum absolute atomic E-state index is 16.9. The minimum Gasteiger partial charge on any atom is -0.480 e. The van der Waals surface area contributed by atoms with E-state index >= 15 is 8.78 Å². The van der Waals surface area contributed by atoms with E-state index in [2.05, 4.69) is 10.4 Å². The first kappa shape index (κ1) is 28.2. The van der Waals surface area contributed by atoms with Gasteiger partial charge in [0.25, 0.3) is 0 Å². The monoisotopic (exact) mass is 632 g/mol. The van der Waals surface area contributed by atoms with Gasteiger partial charge in [-0.15, -0.1) is 0 Å². The van der Waals surface area contributed by atoms with Crippen molar-refractivity contribution < 1.29 is 28.2 Å². The number of aliphatic hydroxyl groups excluding tert-OH is 1. The van der Waals surface area contributed by atoms with Crippen LogP contribution in [0.2, 0.25) is 5.02 Å². The number of benzene rings is 3. The lowest BCUT2D eigenvalue weighted by Crippen LogP contribution is -2.48. The molecular weight excluding hydrogens is 606 g/mol. The molecule has 2 fully saturated rings. The van der Waals surface area contributed by atoms with Gasteiger partial charge in [-0.05, 0) is 43.9 Å². The van der Waals surface area contributed by atoms with E-state index in [0.717, 1.165) is 37.8 Å². The van der Waals surface area contributed by atoms with Gasteiger partial charge in [0.2, 0.25) is 11.7 Å². The van der Waals surface area contributed by atoms with Crippen molar-refractivity contribution in [1.82, 2.24) is 15.1 Å². The Morgan fingerprint density at radius 1 is 1.11 bits per heavy atom. The van der Waals surface area contributed by atoms with Gasteiger partial charge >= 0.3 is 5.56 Å². The maximum atomic E-state index is 16.9. The van der Waals surface area contributed by atoms with Crippen LogP contribution in [0.1, 0.15) is 70.4 Å². The summed E-state index contributed by atoms with van der Waals surface area (Å²) in [6.45, 7) is 0.769. The van der Waals surface area contributed by atoms with E-state index in [1.165, 1.54) is 23.0 Å². The Balaban J connectivity index is 1.34. The zero-order valence-corrected chi connectivity index (χ0v) is 24.5. The SMILES string of the molecule is NC(=O)c1cc2c(c(F)c1-c1c(Cl)c(F)cc3c1C[C@](c1ccccc1)([C@@H]1CCCN1)O3)Oc1c(cnn(C3CC3)c1=O)C2O. The Bertz CT molecular complexity index is 1980. The van der Waals surface area contributed by atoms with Crippen molar-refractivity contribution in [2.45, 2.75) is 55.9 Å². The van der Waals surface area contributed by atoms with E-state index in [1.54, 1.807) is 0 Å². The van der Waals surface area contributed by atoms with Gasteiger partial charge in [-0.1, -0.05) is 41.9 Å². The lowest BCUT2D eigenvalue weighted by atomic mass is 9.80. The predicted molar refractivity (Wildman–Crippen MR) is 160 cm³/mol. The molecule has 1 amide bonds. The minimum atomic E-state index is -1.55. The fourth-order valence-electron chi connectivity index (χ4n) is 7.03. The number of nitrogens with zero attached hydrogens (tertiary/aromatic N) is 2. The average molecular weight is 633 g/mol. The van der Waals surface area contributed by atoms with Crippen molar-refractivity contribution >= 4 is 17.5 Å². The second-order valence-electron chi connectivity index (χ2n) is 12.0. The lowest BCUT2D eigenvalue weighted by Gasteiger charge is -2.35. The second kappa shape index (κ2) is 10.1. The fourth-order valence-corrected chi connectivity index (χ4v) is 7.29. The van der Waals surface area contributed by atoms with Crippen molar-refractivity contribution in [3.05, 3.63) is 103 Å². The molecule has 4 N–H and O–H groups in total. The predicted octanol–water partition coefficient (Wildman–Crippen LogP) is 5.05. The summed E-state index contributed by atoms with van der Waals surface area (Å²) in [5.41, 5.74) is 4.47. The molecule has 1 saturated heterocycles. The number of nitrogens with two attached hydrogens (primary N) is 1. The molecule has 1 aliphatic carbocycles. The molecule has 45 heavy (non-hydrogen) atoms. The summed E-state index contributed by atoms with van der Waals surface area (Å²) in [5, 5.41) is 18.5. The quantitative estimate of drug-likeness (QED) is 0.281. The first-order valence-corrected chi connectivity index (χ1v) is 15.2. The molecular formula is C33H27ClF2N4O5. The summed E-state index contributed by atoms with van der Waals surface area (Å²) in [7, 11) is 0. The zero-order chi connectivity index (χ0) is 31.2.